The van der Waals surface area contributed by atoms with E-state index in [1.165, 1.54) is 0 Å². The number of hydrogen-bond acceptors (Lipinski definition) is 2. The molecule has 0 spiro atoms. The van der Waals surface area contributed by atoms with Gasteiger partial charge in [0.15, 0.2) is 0 Å². The van der Waals surface area contributed by atoms with Crippen molar-refractivity contribution in [3.05, 3.63) is 35.4 Å². The average Bonchev–Trinajstić information content (AvgIpc) is 2.56. The van der Waals surface area contributed by atoms with Crippen molar-refractivity contribution in [2.75, 3.05) is 0 Å². The van der Waals surface area contributed by atoms with Gasteiger partial charge in [0.25, 0.3) is 0 Å². The lowest BCUT2D eigenvalue weighted by atomic mass is 10.0. The Morgan fingerprint density at radius 1 is 1.43 bits per heavy atom. The zero-order valence-corrected chi connectivity index (χ0v) is 7.47. The maximum atomic E-state index is 10.9. The Bertz CT molecular complexity index is 420. The summed E-state index contributed by atoms with van der Waals surface area (Å²) in [5, 5.41) is 17.8. The molecule has 0 saturated heterocycles. The summed E-state index contributed by atoms with van der Waals surface area (Å²) in [7, 11) is 0. The van der Waals surface area contributed by atoms with Gasteiger partial charge in [0, 0.05) is 0 Å². The van der Waals surface area contributed by atoms with E-state index < -0.39 is 11.9 Å². The van der Waals surface area contributed by atoms with E-state index >= 15 is 0 Å². The van der Waals surface area contributed by atoms with Crippen molar-refractivity contribution in [2.45, 2.75) is 18.3 Å². The molecule has 0 aliphatic heterocycles. The summed E-state index contributed by atoms with van der Waals surface area (Å²) < 4.78 is 0. The topological polar surface area (TPSA) is 61.1 Å². The van der Waals surface area contributed by atoms with E-state index in [-0.39, 0.29) is 5.92 Å². The van der Waals surface area contributed by atoms with E-state index in [0.717, 1.165) is 11.1 Å². The Hall–Kier alpha value is -1.82. The Morgan fingerprint density at radius 3 is 2.64 bits per heavy atom. The maximum Gasteiger partial charge on any atom is 0.311 e. The van der Waals surface area contributed by atoms with Crippen LogP contribution in [-0.4, -0.2) is 11.1 Å². The number of rotatable bonds is 1. The van der Waals surface area contributed by atoms with Crippen LogP contribution in [0.25, 0.3) is 0 Å². The molecule has 2 atom stereocenters. The molecule has 1 aliphatic carbocycles. The highest BCUT2D eigenvalue weighted by molar-refractivity contribution is 5.78. The third-order valence-electron chi connectivity index (χ3n) is 2.67. The zero-order chi connectivity index (χ0) is 10.1. The highest BCUT2D eigenvalue weighted by Gasteiger charge is 2.34. The first-order valence-electron chi connectivity index (χ1n) is 4.45. The van der Waals surface area contributed by atoms with Gasteiger partial charge in [-0.3, -0.25) is 4.79 Å². The number of hydrogen-bond donors (Lipinski definition) is 1. The Kier molecular flexibility index (Phi) is 1.97. The smallest absolute Gasteiger partial charge is 0.311 e. The molecule has 70 valence electrons. The quantitative estimate of drug-likeness (QED) is 0.730. The van der Waals surface area contributed by atoms with E-state index in [1.54, 1.807) is 6.07 Å². The first kappa shape index (κ1) is 8.76. The Morgan fingerprint density at radius 2 is 2.07 bits per heavy atom. The molecule has 0 saturated carbocycles. The van der Waals surface area contributed by atoms with Gasteiger partial charge in [0.2, 0.25) is 0 Å². The monoisotopic (exact) mass is 187 g/mol. The second kappa shape index (κ2) is 3.15. The average molecular weight is 187 g/mol. The number of nitriles is 1. The van der Waals surface area contributed by atoms with E-state index in [4.69, 9.17) is 10.4 Å². The van der Waals surface area contributed by atoms with Crippen LogP contribution in [0.15, 0.2) is 24.3 Å². The highest BCUT2D eigenvalue weighted by atomic mass is 16.4. The van der Waals surface area contributed by atoms with E-state index in [2.05, 4.69) is 6.07 Å². The van der Waals surface area contributed by atoms with Gasteiger partial charge in [-0.1, -0.05) is 24.3 Å². The molecule has 0 heterocycles. The predicted octanol–water partition coefficient (Wildman–Crippen LogP) is 1.87. The molecule has 2 unspecified atom stereocenters. The summed E-state index contributed by atoms with van der Waals surface area (Å²) in [6.07, 6.45) is 0.408. The highest BCUT2D eigenvalue weighted by Crippen LogP contribution is 2.41. The number of fused-ring (bicyclic) bond motifs is 1. The van der Waals surface area contributed by atoms with Crippen LogP contribution in [0.1, 0.15) is 29.4 Å². The molecule has 0 fully saturated rings. The molecule has 3 nitrogen and oxygen atoms in total. The SMILES string of the molecule is N#CC1CC(C(=O)O)c2ccccc21. The van der Waals surface area contributed by atoms with Gasteiger partial charge in [-0.05, 0) is 17.5 Å². The summed E-state index contributed by atoms with van der Waals surface area (Å²) in [5.41, 5.74) is 1.67. The maximum absolute atomic E-state index is 10.9. The van der Waals surface area contributed by atoms with Crippen LogP contribution in [0.2, 0.25) is 0 Å². The van der Waals surface area contributed by atoms with E-state index in [1.807, 2.05) is 18.2 Å². The van der Waals surface area contributed by atoms with Crippen LogP contribution < -0.4 is 0 Å². The number of aliphatic carboxylic acids is 1. The van der Waals surface area contributed by atoms with Crippen molar-refractivity contribution in [2.24, 2.45) is 0 Å². The van der Waals surface area contributed by atoms with Crippen molar-refractivity contribution < 1.29 is 9.90 Å². The van der Waals surface area contributed by atoms with Crippen molar-refractivity contribution in [1.82, 2.24) is 0 Å². The van der Waals surface area contributed by atoms with Crippen LogP contribution in [0.5, 0.6) is 0 Å². The van der Waals surface area contributed by atoms with Crippen molar-refractivity contribution in [3.8, 4) is 6.07 Å². The van der Waals surface area contributed by atoms with Crippen LogP contribution in [0.3, 0.4) is 0 Å². The van der Waals surface area contributed by atoms with Gasteiger partial charge >= 0.3 is 5.97 Å². The summed E-state index contributed by atoms with van der Waals surface area (Å²) >= 11 is 0. The first-order valence-corrected chi connectivity index (χ1v) is 4.45. The van der Waals surface area contributed by atoms with Crippen molar-refractivity contribution in [1.29, 1.82) is 5.26 Å². The Balaban J connectivity index is 2.50. The molecular weight excluding hydrogens is 178 g/mol. The minimum atomic E-state index is -0.838. The largest absolute Gasteiger partial charge is 0.481 e. The standard InChI is InChI=1S/C11H9NO2/c12-6-7-5-10(11(13)14)9-4-2-1-3-8(7)9/h1-4,7,10H,5H2,(H,13,14). The Labute approximate surface area is 81.6 Å². The lowest BCUT2D eigenvalue weighted by molar-refractivity contribution is -0.138. The molecule has 0 aromatic heterocycles. The lowest BCUT2D eigenvalue weighted by Crippen LogP contribution is -2.07. The number of carboxylic acids is 1. The molecule has 2 rings (SSSR count). The molecule has 0 amide bonds. The fourth-order valence-electron chi connectivity index (χ4n) is 1.99. The third kappa shape index (κ3) is 1.16. The molecule has 14 heavy (non-hydrogen) atoms. The van der Waals surface area contributed by atoms with Crippen LogP contribution in [0, 0.1) is 11.3 Å². The van der Waals surface area contributed by atoms with Gasteiger partial charge in [0.05, 0.1) is 17.9 Å². The summed E-state index contributed by atoms with van der Waals surface area (Å²) in [5.74, 6) is -1.60. The number of nitrogens with zero attached hydrogens (tertiary/aromatic N) is 1. The fraction of sp³-hybridized carbons (Fsp3) is 0.273. The number of carbonyl (C=O) groups is 1. The minimum absolute atomic E-state index is 0.257. The second-order valence-electron chi connectivity index (χ2n) is 3.44. The van der Waals surface area contributed by atoms with Gasteiger partial charge in [-0.2, -0.15) is 5.26 Å². The van der Waals surface area contributed by atoms with Crippen LogP contribution in [-0.2, 0) is 4.79 Å². The molecule has 1 aromatic rings. The molecule has 0 radical (unpaired) electrons. The normalized spacial score (nSPS) is 23.9. The molecule has 1 aliphatic rings. The number of benzene rings is 1. The molecule has 1 N–H and O–H groups in total. The molecule has 3 heteroatoms. The van der Waals surface area contributed by atoms with Gasteiger partial charge in [0.1, 0.15) is 0 Å². The molecule has 1 aromatic carbocycles. The van der Waals surface area contributed by atoms with E-state index in [9.17, 15) is 4.79 Å². The predicted molar refractivity (Wildman–Crippen MR) is 49.8 cm³/mol. The van der Waals surface area contributed by atoms with Gasteiger partial charge in [-0.15, -0.1) is 0 Å². The zero-order valence-electron chi connectivity index (χ0n) is 7.47. The fourth-order valence-corrected chi connectivity index (χ4v) is 1.99. The summed E-state index contributed by atoms with van der Waals surface area (Å²) in [4.78, 5) is 10.9. The number of carboxylic acid groups (broad SMARTS) is 1. The van der Waals surface area contributed by atoms with E-state index in [0.29, 0.717) is 6.42 Å². The van der Waals surface area contributed by atoms with Crippen molar-refractivity contribution >= 4 is 5.97 Å². The third-order valence-corrected chi connectivity index (χ3v) is 2.67. The van der Waals surface area contributed by atoms with Gasteiger partial charge in [-0.25, -0.2) is 0 Å². The van der Waals surface area contributed by atoms with Crippen LogP contribution >= 0.6 is 0 Å². The molecular formula is C11H9NO2. The summed E-state index contributed by atoms with van der Waals surface area (Å²) in [6.45, 7) is 0. The first-order chi connectivity index (χ1) is 6.74. The van der Waals surface area contributed by atoms with Gasteiger partial charge < -0.3 is 5.11 Å². The lowest BCUT2D eigenvalue weighted by Gasteiger charge is -2.03. The van der Waals surface area contributed by atoms with Crippen molar-refractivity contribution in [3.63, 3.8) is 0 Å². The van der Waals surface area contributed by atoms with Crippen LogP contribution in [0.4, 0.5) is 0 Å². The molecule has 0 bridgehead atoms. The summed E-state index contributed by atoms with van der Waals surface area (Å²) in [6, 6.07) is 9.43. The minimum Gasteiger partial charge on any atom is -0.481 e. The second-order valence-corrected chi connectivity index (χ2v) is 3.44.